The van der Waals surface area contributed by atoms with Gasteiger partial charge in [0.25, 0.3) is 0 Å². The van der Waals surface area contributed by atoms with Crippen molar-refractivity contribution in [2.75, 3.05) is 11.1 Å². The molecule has 0 heterocycles. The molecule has 0 saturated heterocycles. The van der Waals surface area contributed by atoms with Gasteiger partial charge in [-0.15, -0.1) is 0 Å². The zero-order valence-electron chi connectivity index (χ0n) is 9.38. The van der Waals surface area contributed by atoms with Crippen LogP contribution >= 0.6 is 23.2 Å². The maximum Gasteiger partial charge on any atom is 0.141 e. The van der Waals surface area contributed by atoms with Gasteiger partial charge in [0.05, 0.1) is 21.4 Å². The minimum Gasteiger partial charge on any atom is -0.397 e. The second-order valence-electron chi connectivity index (χ2n) is 3.81. The van der Waals surface area contributed by atoms with Crippen LogP contribution in [0.5, 0.6) is 0 Å². The van der Waals surface area contributed by atoms with Gasteiger partial charge in [-0.25, -0.2) is 4.39 Å². The van der Waals surface area contributed by atoms with Gasteiger partial charge in [0.2, 0.25) is 0 Å². The maximum absolute atomic E-state index is 13.0. The van der Waals surface area contributed by atoms with Crippen LogP contribution in [0, 0.1) is 5.82 Å². The monoisotopic (exact) mass is 284 g/mol. The summed E-state index contributed by atoms with van der Waals surface area (Å²) in [5.74, 6) is -0.433. The Morgan fingerprint density at radius 1 is 1.11 bits per heavy atom. The van der Waals surface area contributed by atoms with E-state index in [2.05, 4.69) is 5.32 Å². The molecule has 2 rings (SSSR count). The van der Waals surface area contributed by atoms with Crippen molar-refractivity contribution in [3.63, 3.8) is 0 Å². The molecule has 94 valence electrons. The summed E-state index contributed by atoms with van der Waals surface area (Å²) in [5, 5.41) is 3.75. The molecule has 0 aliphatic heterocycles. The van der Waals surface area contributed by atoms with Crippen LogP contribution in [-0.2, 0) is 6.54 Å². The first kappa shape index (κ1) is 13.0. The average Bonchev–Trinajstić information content (AvgIpc) is 2.33. The summed E-state index contributed by atoms with van der Waals surface area (Å²) in [7, 11) is 0. The van der Waals surface area contributed by atoms with E-state index >= 15 is 0 Å². The highest BCUT2D eigenvalue weighted by Crippen LogP contribution is 2.28. The van der Waals surface area contributed by atoms with Crippen LogP contribution in [0.3, 0.4) is 0 Å². The van der Waals surface area contributed by atoms with E-state index in [1.54, 1.807) is 30.3 Å². The lowest BCUT2D eigenvalue weighted by Crippen LogP contribution is -2.03. The fraction of sp³-hybridized carbons (Fsp3) is 0.0769. The highest BCUT2D eigenvalue weighted by atomic mass is 35.5. The smallest absolute Gasteiger partial charge is 0.141 e. The average molecular weight is 285 g/mol. The summed E-state index contributed by atoms with van der Waals surface area (Å²) in [6.45, 7) is 0.466. The van der Waals surface area contributed by atoms with Crippen LogP contribution in [0.25, 0.3) is 0 Å². The lowest BCUT2D eigenvalue weighted by molar-refractivity contribution is 0.627. The van der Waals surface area contributed by atoms with E-state index in [9.17, 15) is 4.39 Å². The van der Waals surface area contributed by atoms with E-state index in [4.69, 9.17) is 28.9 Å². The minimum atomic E-state index is -0.433. The first-order chi connectivity index (χ1) is 8.58. The fourth-order valence-corrected chi connectivity index (χ4v) is 2.02. The Labute approximate surface area is 115 Å². The number of nitrogen functional groups attached to an aromatic ring is 1. The molecule has 0 radical (unpaired) electrons. The van der Waals surface area contributed by atoms with Crippen LogP contribution in [-0.4, -0.2) is 0 Å². The number of hydrogen-bond acceptors (Lipinski definition) is 2. The highest BCUT2D eigenvalue weighted by molar-refractivity contribution is 6.33. The van der Waals surface area contributed by atoms with Crippen molar-refractivity contribution in [2.24, 2.45) is 0 Å². The third-order valence-electron chi connectivity index (χ3n) is 2.50. The van der Waals surface area contributed by atoms with Crippen LogP contribution < -0.4 is 11.1 Å². The number of rotatable bonds is 3. The number of benzene rings is 2. The molecule has 0 aliphatic rings. The summed E-state index contributed by atoms with van der Waals surface area (Å²) in [6.07, 6.45) is 0. The topological polar surface area (TPSA) is 38.0 Å². The van der Waals surface area contributed by atoms with Crippen LogP contribution in [0.1, 0.15) is 5.56 Å². The third kappa shape index (κ3) is 2.86. The van der Waals surface area contributed by atoms with Crippen molar-refractivity contribution in [3.8, 4) is 0 Å². The van der Waals surface area contributed by atoms with Crippen molar-refractivity contribution < 1.29 is 4.39 Å². The van der Waals surface area contributed by atoms with E-state index in [1.165, 1.54) is 6.07 Å². The molecule has 3 N–H and O–H groups in total. The lowest BCUT2D eigenvalue weighted by Gasteiger charge is -2.11. The van der Waals surface area contributed by atoms with Gasteiger partial charge in [0, 0.05) is 6.54 Å². The zero-order chi connectivity index (χ0) is 13.1. The van der Waals surface area contributed by atoms with E-state index in [0.29, 0.717) is 22.9 Å². The molecule has 0 bridgehead atoms. The predicted octanol–water partition coefficient (Wildman–Crippen LogP) is 4.33. The molecule has 2 nitrogen and oxygen atoms in total. The Morgan fingerprint density at radius 3 is 2.56 bits per heavy atom. The molecule has 0 atom stereocenters. The van der Waals surface area contributed by atoms with Gasteiger partial charge in [-0.05, 0) is 29.8 Å². The van der Waals surface area contributed by atoms with Gasteiger partial charge in [-0.3, -0.25) is 0 Å². The standard InChI is InChI=1S/C13H11Cl2FN2/c14-9-2-1-3-12(17)13(9)18-7-8-4-5-11(16)10(15)6-8/h1-6,18H,7,17H2. The number of hydrogen-bond donors (Lipinski definition) is 2. The first-order valence-corrected chi connectivity index (χ1v) is 6.05. The SMILES string of the molecule is Nc1cccc(Cl)c1NCc1ccc(F)c(Cl)c1. The Bertz CT molecular complexity index is 553. The van der Waals surface area contributed by atoms with Gasteiger partial charge >= 0.3 is 0 Å². The van der Waals surface area contributed by atoms with Gasteiger partial charge in [-0.2, -0.15) is 0 Å². The zero-order valence-corrected chi connectivity index (χ0v) is 10.9. The molecule has 18 heavy (non-hydrogen) atoms. The molecule has 0 aromatic heterocycles. The summed E-state index contributed by atoms with van der Waals surface area (Å²) >= 11 is 11.7. The summed E-state index contributed by atoms with van der Waals surface area (Å²) in [4.78, 5) is 0. The molecule has 0 spiro atoms. The van der Waals surface area contributed by atoms with Crippen molar-refractivity contribution in [3.05, 3.63) is 57.8 Å². The van der Waals surface area contributed by atoms with Crippen molar-refractivity contribution in [1.29, 1.82) is 0 Å². The molecule has 5 heteroatoms. The summed E-state index contributed by atoms with van der Waals surface area (Å²) < 4.78 is 13.0. The quantitative estimate of drug-likeness (QED) is 0.824. The molecular weight excluding hydrogens is 274 g/mol. The molecule has 0 fully saturated rings. The second kappa shape index (κ2) is 5.46. The van der Waals surface area contributed by atoms with E-state index < -0.39 is 5.82 Å². The van der Waals surface area contributed by atoms with Gasteiger partial charge < -0.3 is 11.1 Å². The molecule has 0 aliphatic carbocycles. The summed E-state index contributed by atoms with van der Waals surface area (Å²) in [6, 6.07) is 9.83. The summed E-state index contributed by atoms with van der Waals surface area (Å²) in [5.41, 5.74) is 7.89. The Kier molecular flexibility index (Phi) is 3.94. The fourth-order valence-electron chi connectivity index (χ4n) is 1.57. The highest BCUT2D eigenvalue weighted by Gasteiger charge is 2.05. The maximum atomic E-state index is 13.0. The van der Waals surface area contributed by atoms with Crippen LogP contribution in [0.2, 0.25) is 10.0 Å². The van der Waals surface area contributed by atoms with Crippen molar-refractivity contribution in [1.82, 2.24) is 0 Å². The molecular formula is C13H11Cl2FN2. The Hall–Kier alpha value is -1.45. The molecule has 2 aromatic rings. The van der Waals surface area contributed by atoms with Crippen LogP contribution in [0.15, 0.2) is 36.4 Å². The minimum absolute atomic E-state index is 0.0985. The molecule has 2 aromatic carbocycles. The number of halogens is 3. The lowest BCUT2D eigenvalue weighted by atomic mass is 10.2. The van der Waals surface area contributed by atoms with E-state index in [1.807, 2.05) is 0 Å². The van der Waals surface area contributed by atoms with Crippen molar-refractivity contribution in [2.45, 2.75) is 6.54 Å². The number of nitrogens with one attached hydrogen (secondary N) is 1. The third-order valence-corrected chi connectivity index (χ3v) is 3.10. The normalized spacial score (nSPS) is 10.4. The Balaban J connectivity index is 2.14. The predicted molar refractivity (Wildman–Crippen MR) is 74.6 cm³/mol. The van der Waals surface area contributed by atoms with Crippen molar-refractivity contribution >= 4 is 34.6 Å². The molecule has 0 amide bonds. The van der Waals surface area contributed by atoms with Gasteiger partial charge in [0.1, 0.15) is 5.82 Å². The van der Waals surface area contributed by atoms with Crippen LogP contribution in [0.4, 0.5) is 15.8 Å². The second-order valence-corrected chi connectivity index (χ2v) is 4.62. The first-order valence-electron chi connectivity index (χ1n) is 5.29. The molecule has 0 unspecified atom stereocenters. The Morgan fingerprint density at radius 2 is 1.89 bits per heavy atom. The van der Waals surface area contributed by atoms with E-state index in [0.717, 1.165) is 5.56 Å². The van der Waals surface area contributed by atoms with Gasteiger partial charge in [0.15, 0.2) is 0 Å². The van der Waals surface area contributed by atoms with E-state index in [-0.39, 0.29) is 5.02 Å². The number of para-hydroxylation sites is 1. The number of nitrogens with two attached hydrogens (primary N) is 1. The molecule has 0 saturated carbocycles. The largest absolute Gasteiger partial charge is 0.397 e. The number of anilines is 2. The van der Waals surface area contributed by atoms with Gasteiger partial charge in [-0.1, -0.05) is 35.3 Å².